The molecule has 0 unspecified atom stereocenters. The highest BCUT2D eigenvalue weighted by Gasteiger charge is 2.31. The first-order valence-electron chi connectivity index (χ1n) is 9.45. The van der Waals surface area contributed by atoms with E-state index in [9.17, 15) is 9.59 Å². The summed E-state index contributed by atoms with van der Waals surface area (Å²) in [5.74, 6) is 1.13. The molecule has 0 saturated heterocycles. The monoisotopic (exact) mass is 422 g/mol. The Bertz CT molecular complexity index is 884. The highest BCUT2D eigenvalue weighted by atomic mass is 32.2. The van der Waals surface area contributed by atoms with Gasteiger partial charge in [-0.1, -0.05) is 18.7 Å². The SMILES string of the molecule is CCc1c(C)sc(NC(=O)CSc2nnc(C3CC3)n2C(C)C)c1C(=O)OC. The number of methoxy groups -OCH3 is 1. The molecule has 3 rings (SSSR count). The quantitative estimate of drug-likeness (QED) is 0.507. The molecule has 9 heteroatoms. The van der Waals surface area contributed by atoms with Gasteiger partial charge in [-0.25, -0.2) is 4.79 Å². The van der Waals surface area contributed by atoms with Crippen molar-refractivity contribution in [3.63, 3.8) is 0 Å². The van der Waals surface area contributed by atoms with Crippen LogP contribution in [0.3, 0.4) is 0 Å². The lowest BCUT2D eigenvalue weighted by Gasteiger charge is -2.13. The Morgan fingerprint density at radius 1 is 1.36 bits per heavy atom. The highest BCUT2D eigenvalue weighted by Crippen LogP contribution is 2.41. The number of rotatable bonds is 8. The van der Waals surface area contributed by atoms with Gasteiger partial charge < -0.3 is 14.6 Å². The second-order valence-corrected chi connectivity index (χ2v) is 9.27. The molecule has 0 aliphatic heterocycles. The minimum absolute atomic E-state index is 0.176. The normalized spacial score (nSPS) is 13.8. The Balaban J connectivity index is 1.71. The standard InChI is InChI=1S/C19H26N4O3S2/c1-6-13-11(4)28-17(15(13)18(25)26-5)20-14(24)9-27-19-22-21-16(12-7-8-12)23(19)10(2)3/h10,12H,6-9H2,1-5H3,(H,20,24). The molecule has 0 atom stereocenters. The molecule has 1 N–H and O–H groups in total. The fraction of sp³-hybridized carbons (Fsp3) is 0.579. The van der Waals surface area contributed by atoms with Crippen molar-refractivity contribution < 1.29 is 14.3 Å². The molecule has 0 radical (unpaired) electrons. The van der Waals surface area contributed by atoms with E-state index in [1.165, 1.54) is 30.2 Å². The van der Waals surface area contributed by atoms with Crippen LogP contribution < -0.4 is 5.32 Å². The number of nitrogens with zero attached hydrogens (tertiary/aromatic N) is 3. The third-order valence-corrected chi connectivity index (χ3v) is 6.69. The summed E-state index contributed by atoms with van der Waals surface area (Å²) in [5, 5.41) is 12.8. The highest BCUT2D eigenvalue weighted by molar-refractivity contribution is 7.99. The Kier molecular flexibility index (Phi) is 6.44. The van der Waals surface area contributed by atoms with Crippen LogP contribution in [0.4, 0.5) is 5.00 Å². The molecular weight excluding hydrogens is 396 g/mol. The average molecular weight is 423 g/mol. The van der Waals surface area contributed by atoms with Crippen LogP contribution in [0.2, 0.25) is 0 Å². The molecule has 152 valence electrons. The van der Waals surface area contributed by atoms with Crippen molar-refractivity contribution in [3.05, 3.63) is 21.8 Å². The zero-order chi connectivity index (χ0) is 20.4. The molecule has 1 aliphatic rings. The number of carbonyl (C=O) groups excluding carboxylic acids is 2. The largest absolute Gasteiger partial charge is 0.465 e. The Labute approximate surface area is 173 Å². The van der Waals surface area contributed by atoms with E-state index in [0.29, 0.717) is 22.9 Å². The van der Waals surface area contributed by atoms with Gasteiger partial charge in [-0.05, 0) is 45.6 Å². The van der Waals surface area contributed by atoms with Gasteiger partial charge in [0, 0.05) is 16.8 Å². The van der Waals surface area contributed by atoms with Gasteiger partial charge in [0.1, 0.15) is 10.8 Å². The Hall–Kier alpha value is -1.87. The number of nitrogens with one attached hydrogen (secondary N) is 1. The van der Waals surface area contributed by atoms with Crippen molar-refractivity contribution in [1.82, 2.24) is 14.8 Å². The molecular formula is C19H26N4O3S2. The van der Waals surface area contributed by atoms with E-state index in [4.69, 9.17) is 4.74 Å². The molecule has 28 heavy (non-hydrogen) atoms. The average Bonchev–Trinajstić information content (AvgIpc) is 3.33. The molecule has 2 heterocycles. The number of aromatic nitrogens is 3. The van der Waals surface area contributed by atoms with Crippen LogP contribution >= 0.6 is 23.1 Å². The summed E-state index contributed by atoms with van der Waals surface area (Å²) in [5.41, 5.74) is 1.39. The number of thiophene rings is 1. The number of anilines is 1. The van der Waals surface area contributed by atoms with E-state index >= 15 is 0 Å². The molecule has 1 saturated carbocycles. The summed E-state index contributed by atoms with van der Waals surface area (Å²) >= 11 is 2.78. The maximum Gasteiger partial charge on any atom is 0.341 e. The number of carbonyl (C=O) groups is 2. The molecule has 0 bridgehead atoms. The van der Waals surface area contributed by atoms with Gasteiger partial charge in [-0.2, -0.15) is 0 Å². The Morgan fingerprint density at radius 2 is 2.07 bits per heavy atom. The van der Waals surface area contributed by atoms with Gasteiger partial charge in [0.25, 0.3) is 0 Å². The van der Waals surface area contributed by atoms with Gasteiger partial charge in [-0.15, -0.1) is 21.5 Å². The second-order valence-electron chi connectivity index (χ2n) is 7.10. The molecule has 2 aromatic heterocycles. The van der Waals surface area contributed by atoms with Gasteiger partial charge in [0.05, 0.1) is 18.4 Å². The molecule has 0 spiro atoms. The van der Waals surface area contributed by atoms with E-state index in [1.54, 1.807) is 0 Å². The van der Waals surface area contributed by atoms with Crippen LogP contribution in [-0.4, -0.2) is 39.5 Å². The van der Waals surface area contributed by atoms with E-state index in [1.807, 2.05) is 13.8 Å². The van der Waals surface area contributed by atoms with Crippen molar-refractivity contribution in [3.8, 4) is 0 Å². The summed E-state index contributed by atoms with van der Waals surface area (Å²) in [6.45, 7) is 8.13. The Morgan fingerprint density at radius 3 is 2.64 bits per heavy atom. The van der Waals surface area contributed by atoms with Crippen molar-refractivity contribution >= 4 is 40.0 Å². The van der Waals surface area contributed by atoms with Crippen LogP contribution in [-0.2, 0) is 16.0 Å². The molecule has 1 fully saturated rings. The third-order valence-electron chi connectivity index (χ3n) is 4.69. The molecule has 7 nitrogen and oxygen atoms in total. The number of hydrogen-bond acceptors (Lipinski definition) is 7. The number of thioether (sulfide) groups is 1. The number of aryl methyl sites for hydroxylation is 1. The van der Waals surface area contributed by atoms with Gasteiger partial charge >= 0.3 is 5.97 Å². The summed E-state index contributed by atoms with van der Waals surface area (Å²) in [6, 6.07) is 0.245. The number of ether oxygens (including phenoxy) is 1. The van der Waals surface area contributed by atoms with Crippen molar-refractivity contribution in [2.75, 3.05) is 18.2 Å². The molecule has 2 aromatic rings. The van der Waals surface area contributed by atoms with E-state index in [-0.39, 0.29) is 17.7 Å². The molecule has 1 aliphatic carbocycles. The lowest BCUT2D eigenvalue weighted by Crippen LogP contribution is -2.17. The molecule has 0 aromatic carbocycles. The number of esters is 1. The first-order chi connectivity index (χ1) is 13.4. The lowest BCUT2D eigenvalue weighted by atomic mass is 10.1. The summed E-state index contributed by atoms with van der Waals surface area (Å²) < 4.78 is 7.03. The van der Waals surface area contributed by atoms with Gasteiger partial charge in [0.15, 0.2) is 5.16 Å². The van der Waals surface area contributed by atoms with Crippen LogP contribution in [0.25, 0.3) is 0 Å². The first kappa shape index (κ1) is 20.9. The predicted molar refractivity (Wildman–Crippen MR) is 112 cm³/mol. The zero-order valence-corrected chi connectivity index (χ0v) is 18.5. The predicted octanol–water partition coefficient (Wildman–Crippen LogP) is 4.19. The summed E-state index contributed by atoms with van der Waals surface area (Å²) in [7, 11) is 1.35. The van der Waals surface area contributed by atoms with E-state index in [0.717, 1.165) is 34.3 Å². The van der Waals surface area contributed by atoms with Gasteiger partial charge in [-0.3, -0.25) is 4.79 Å². The zero-order valence-electron chi connectivity index (χ0n) is 16.9. The minimum atomic E-state index is -0.419. The van der Waals surface area contributed by atoms with Crippen LogP contribution in [0.15, 0.2) is 5.16 Å². The smallest absolute Gasteiger partial charge is 0.341 e. The van der Waals surface area contributed by atoms with Gasteiger partial charge in [0.2, 0.25) is 5.91 Å². The maximum absolute atomic E-state index is 12.6. The summed E-state index contributed by atoms with van der Waals surface area (Å²) in [4.78, 5) is 25.8. The van der Waals surface area contributed by atoms with Crippen LogP contribution in [0, 0.1) is 6.92 Å². The van der Waals surface area contributed by atoms with Crippen molar-refractivity contribution in [2.45, 2.75) is 64.1 Å². The first-order valence-corrected chi connectivity index (χ1v) is 11.3. The van der Waals surface area contributed by atoms with Crippen molar-refractivity contribution in [1.29, 1.82) is 0 Å². The minimum Gasteiger partial charge on any atom is -0.465 e. The van der Waals surface area contributed by atoms with Crippen LogP contribution in [0.5, 0.6) is 0 Å². The fourth-order valence-corrected chi connectivity index (χ4v) is 5.22. The number of amides is 1. The third kappa shape index (κ3) is 4.25. The number of hydrogen-bond donors (Lipinski definition) is 1. The summed E-state index contributed by atoms with van der Waals surface area (Å²) in [6.07, 6.45) is 3.02. The maximum atomic E-state index is 12.6. The van der Waals surface area contributed by atoms with E-state index in [2.05, 4.69) is 33.9 Å². The van der Waals surface area contributed by atoms with Crippen molar-refractivity contribution in [2.24, 2.45) is 0 Å². The fourth-order valence-electron chi connectivity index (χ4n) is 3.20. The lowest BCUT2D eigenvalue weighted by molar-refractivity contribution is -0.113. The second kappa shape index (κ2) is 8.65. The molecule has 1 amide bonds. The van der Waals surface area contributed by atoms with E-state index < -0.39 is 5.97 Å². The van der Waals surface area contributed by atoms with Crippen LogP contribution in [0.1, 0.15) is 72.2 Å². The topological polar surface area (TPSA) is 86.1 Å².